The minimum atomic E-state index is -0.398. The molecule has 3 nitrogen and oxygen atoms in total. The first-order valence-electron chi connectivity index (χ1n) is 8.24. The minimum Gasteiger partial charge on any atom is -0.480 e. The molecule has 1 fully saturated rings. The van der Waals surface area contributed by atoms with Crippen LogP contribution in [0, 0.1) is 0 Å². The number of rotatable bonds is 2. The molecule has 0 spiro atoms. The van der Waals surface area contributed by atoms with Crippen molar-refractivity contribution in [2.24, 2.45) is 0 Å². The van der Waals surface area contributed by atoms with Gasteiger partial charge < -0.3 is 9.64 Å². The molecule has 1 atom stereocenters. The van der Waals surface area contributed by atoms with Crippen LogP contribution in [0.1, 0.15) is 34.9 Å². The Hall–Kier alpha value is -2.26. The molecular formula is C20H18ClNO2. The number of para-hydroxylation sites is 1. The molecule has 0 aromatic heterocycles. The fourth-order valence-electron chi connectivity index (χ4n) is 3.30. The second kappa shape index (κ2) is 6.33. The molecule has 2 aliphatic rings. The van der Waals surface area contributed by atoms with Crippen molar-refractivity contribution in [1.29, 1.82) is 0 Å². The number of likely N-dealkylation sites (tertiary alicyclic amines) is 1. The normalized spacial score (nSPS) is 21.7. The summed E-state index contributed by atoms with van der Waals surface area (Å²) in [6.07, 6.45) is 3.93. The summed E-state index contributed by atoms with van der Waals surface area (Å²) in [5.41, 5.74) is 2.26. The number of Topliss-reactive ketones (excluding diaryl/α,β-unsaturated/α-hetero) is 1. The predicted octanol–water partition coefficient (Wildman–Crippen LogP) is 4.64. The average molecular weight is 340 g/mol. The molecule has 24 heavy (non-hydrogen) atoms. The molecule has 0 aliphatic carbocycles. The lowest BCUT2D eigenvalue weighted by molar-refractivity contribution is 0.0956. The van der Waals surface area contributed by atoms with Gasteiger partial charge in [0.05, 0.1) is 11.1 Å². The Morgan fingerprint density at radius 2 is 1.75 bits per heavy atom. The molecular weight excluding hydrogens is 322 g/mol. The van der Waals surface area contributed by atoms with E-state index in [-0.39, 0.29) is 5.78 Å². The number of ketones is 1. The lowest BCUT2D eigenvalue weighted by Gasteiger charge is -2.29. The third-order valence-electron chi connectivity index (χ3n) is 4.56. The number of fused-ring (bicyclic) bond motifs is 1. The molecule has 0 radical (unpaired) electrons. The standard InChI is InChI=1S/C20H18ClNO2/c21-15-9-7-14(8-10-15)20-17(13-22-11-3-4-12-22)19(23)16-5-1-2-6-18(16)24-20/h1-2,5-10,13,20H,3-4,11-12H2/b17-13-. The van der Waals surface area contributed by atoms with Crippen LogP contribution in [-0.4, -0.2) is 23.8 Å². The van der Waals surface area contributed by atoms with Crippen LogP contribution in [0.25, 0.3) is 0 Å². The van der Waals surface area contributed by atoms with Crippen molar-refractivity contribution in [2.45, 2.75) is 18.9 Å². The maximum Gasteiger partial charge on any atom is 0.198 e. The van der Waals surface area contributed by atoms with Crippen molar-refractivity contribution in [3.63, 3.8) is 0 Å². The molecule has 0 amide bonds. The number of benzene rings is 2. The van der Waals surface area contributed by atoms with E-state index in [0.29, 0.717) is 21.9 Å². The topological polar surface area (TPSA) is 29.5 Å². The maximum atomic E-state index is 13.1. The summed E-state index contributed by atoms with van der Waals surface area (Å²) in [4.78, 5) is 15.3. The Balaban J connectivity index is 1.79. The summed E-state index contributed by atoms with van der Waals surface area (Å²) < 4.78 is 6.19. The third-order valence-corrected chi connectivity index (χ3v) is 4.81. The molecule has 0 N–H and O–H groups in total. The van der Waals surface area contributed by atoms with Crippen molar-refractivity contribution in [3.05, 3.63) is 76.5 Å². The minimum absolute atomic E-state index is 0.0451. The first-order chi connectivity index (χ1) is 11.7. The van der Waals surface area contributed by atoms with Crippen LogP contribution in [0.4, 0.5) is 0 Å². The zero-order chi connectivity index (χ0) is 16.5. The van der Waals surface area contributed by atoms with Crippen molar-refractivity contribution < 1.29 is 9.53 Å². The van der Waals surface area contributed by atoms with Crippen molar-refractivity contribution >= 4 is 17.4 Å². The Labute approximate surface area is 146 Å². The molecule has 0 saturated carbocycles. The van der Waals surface area contributed by atoms with Crippen LogP contribution in [0.15, 0.2) is 60.3 Å². The number of hydrogen-bond acceptors (Lipinski definition) is 3. The van der Waals surface area contributed by atoms with Gasteiger partial charge in [-0.05, 0) is 42.7 Å². The lowest BCUT2D eigenvalue weighted by atomic mass is 9.91. The van der Waals surface area contributed by atoms with E-state index in [4.69, 9.17) is 16.3 Å². The zero-order valence-electron chi connectivity index (χ0n) is 13.2. The smallest absolute Gasteiger partial charge is 0.198 e. The van der Waals surface area contributed by atoms with E-state index in [2.05, 4.69) is 4.90 Å². The maximum absolute atomic E-state index is 13.1. The lowest BCUT2D eigenvalue weighted by Crippen LogP contribution is -2.26. The average Bonchev–Trinajstić information content (AvgIpc) is 3.11. The van der Waals surface area contributed by atoms with Gasteiger partial charge in [0.15, 0.2) is 11.9 Å². The summed E-state index contributed by atoms with van der Waals surface area (Å²) in [5, 5.41) is 0.673. The van der Waals surface area contributed by atoms with Crippen LogP contribution < -0.4 is 4.74 Å². The van der Waals surface area contributed by atoms with Crippen molar-refractivity contribution in [2.75, 3.05) is 13.1 Å². The highest BCUT2D eigenvalue weighted by Crippen LogP contribution is 2.38. The number of carbonyl (C=O) groups is 1. The van der Waals surface area contributed by atoms with Gasteiger partial charge in [0.1, 0.15) is 5.75 Å². The zero-order valence-corrected chi connectivity index (χ0v) is 14.0. The fraction of sp³-hybridized carbons (Fsp3) is 0.250. The summed E-state index contributed by atoms with van der Waals surface area (Å²) in [6, 6.07) is 14.9. The molecule has 2 aliphatic heterocycles. The van der Waals surface area contributed by atoms with E-state index >= 15 is 0 Å². The van der Waals surface area contributed by atoms with E-state index in [1.54, 1.807) is 0 Å². The van der Waals surface area contributed by atoms with Gasteiger partial charge in [0.25, 0.3) is 0 Å². The molecule has 122 valence electrons. The Morgan fingerprint density at radius 3 is 2.50 bits per heavy atom. The van der Waals surface area contributed by atoms with Crippen LogP contribution in [-0.2, 0) is 0 Å². The van der Waals surface area contributed by atoms with E-state index in [0.717, 1.165) is 18.7 Å². The number of hydrogen-bond donors (Lipinski definition) is 0. The highest BCUT2D eigenvalue weighted by molar-refractivity contribution is 6.30. The van der Waals surface area contributed by atoms with Gasteiger partial charge in [-0.3, -0.25) is 4.79 Å². The molecule has 4 rings (SSSR count). The highest BCUT2D eigenvalue weighted by atomic mass is 35.5. The molecule has 0 bridgehead atoms. The van der Waals surface area contributed by atoms with Gasteiger partial charge in [-0.1, -0.05) is 35.9 Å². The van der Waals surface area contributed by atoms with E-state index in [9.17, 15) is 4.79 Å². The highest BCUT2D eigenvalue weighted by Gasteiger charge is 2.33. The third kappa shape index (κ3) is 2.80. The van der Waals surface area contributed by atoms with Gasteiger partial charge in [0.2, 0.25) is 0 Å². The number of halogens is 1. The summed E-state index contributed by atoms with van der Waals surface area (Å²) >= 11 is 6.00. The van der Waals surface area contributed by atoms with E-state index in [1.165, 1.54) is 12.8 Å². The van der Waals surface area contributed by atoms with Gasteiger partial charge in [0, 0.05) is 24.3 Å². The number of ether oxygens (including phenoxy) is 1. The van der Waals surface area contributed by atoms with Gasteiger partial charge in [-0.25, -0.2) is 0 Å². The van der Waals surface area contributed by atoms with E-state index < -0.39 is 6.10 Å². The van der Waals surface area contributed by atoms with Gasteiger partial charge in [-0.15, -0.1) is 0 Å². The molecule has 4 heteroatoms. The Kier molecular flexibility index (Phi) is 4.03. The fourth-order valence-corrected chi connectivity index (χ4v) is 3.43. The van der Waals surface area contributed by atoms with Crippen LogP contribution >= 0.6 is 11.6 Å². The first kappa shape index (κ1) is 15.3. The monoisotopic (exact) mass is 339 g/mol. The molecule has 2 aromatic rings. The summed E-state index contributed by atoms with van der Waals surface area (Å²) in [6.45, 7) is 1.98. The predicted molar refractivity (Wildman–Crippen MR) is 94.5 cm³/mol. The quantitative estimate of drug-likeness (QED) is 0.747. The molecule has 1 unspecified atom stereocenters. The molecule has 1 saturated heterocycles. The first-order valence-corrected chi connectivity index (χ1v) is 8.62. The van der Waals surface area contributed by atoms with Crippen LogP contribution in [0.2, 0.25) is 5.02 Å². The second-order valence-corrected chi connectivity index (χ2v) is 6.64. The molecule has 2 aromatic carbocycles. The summed E-state index contributed by atoms with van der Waals surface area (Å²) in [5.74, 6) is 0.685. The Morgan fingerprint density at radius 1 is 1.04 bits per heavy atom. The van der Waals surface area contributed by atoms with Gasteiger partial charge >= 0.3 is 0 Å². The largest absolute Gasteiger partial charge is 0.480 e. The summed E-state index contributed by atoms with van der Waals surface area (Å²) in [7, 11) is 0. The Bertz CT molecular complexity index is 792. The SMILES string of the molecule is O=C1/C(=C/N2CCCC2)C(c2ccc(Cl)cc2)Oc2ccccc21. The van der Waals surface area contributed by atoms with Crippen molar-refractivity contribution in [1.82, 2.24) is 4.90 Å². The van der Waals surface area contributed by atoms with Crippen LogP contribution in [0.3, 0.4) is 0 Å². The van der Waals surface area contributed by atoms with Crippen LogP contribution in [0.5, 0.6) is 5.75 Å². The number of nitrogens with zero attached hydrogens (tertiary/aromatic N) is 1. The van der Waals surface area contributed by atoms with E-state index in [1.807, 2.05) is 54.7 Å². The molecule has 2 heterocycles. The second-order valence-electron chi connectivity index (χ2n) is 6.20. The number of carbonyl (C=O) groups excluding carboxylic acids is 1. The van der Waals surface area contributed by atoms with Gasteiger partial charge in [-0.2, -0.15) is 0 Å². The van der Waals surface area contributed by atoms with Crippen molar-refractivity contribution in [3.8, 4) is 5.75 Å².